The van der Waals surface area contributed by atoms with Crippen molar-refractivity contribution in [1.82, 2.24) is 0 Å². The molecule has 0 saturated heterocycles. The molecule has 188 valence electrons. The number of hydrogen-bond acceptors (Lipinski definition) is 9. The van der Waals surface area contributed by atoms with E-state index in [0.29, 0.717) is 13.2 Å². The Labute approximate surface area is 176 Å². The summed E-state index contributed by atoms with van der Waals surface area (Å²) in [6.45, 7) is 0.722. The van der Waals surface area contributed by atoms with Crippen molar-refractivity contribution in [3.05, 3.63) is 0 Å². The minimum atomic E-state index is -6.13. The first-order chi connectivity index (χ1) is 14.3. The molecule has 31 heavy (non-hydrogen) atoms. The highest BCUT2D eigenvalue weighted by molar-refractivity contribution is 7.95. The highest BCUT2D eigenvalue weighted by Gasteiger charge is 2.69. The molecule has 0 aromatic carbocycles. The molecule has 0 atom stereocenters. The van der Waals surface area contributed by atoms with Crippen LogP contribution < -0.4 is 5.26 Å². The molecule has 0 aromatic rings. The molecule has 0 aliphatic heterocycles. The Kier molecular flexibility index (Phi) is 14.3. The van der Waals surface area contributed by atoms with Gasteiger partial charge in [-0.25, -0.2) is 4.74 Å². The zero-order valence-electron chi connectivity index (χ0n) is 16.1. The van der Waals surface area contributed by atoms with Crippen LogP contribution >= 0.6 is 12.0 Å². The molecule has 8 nitrogen and oxygen atoms in total. The van der Waals surface area contributed by atoms with Crippen molar-refractivity contribution in [2.75, 3.05) is 53.4 Å². The van der Waals surface area contributed by atoms with E-state index >= 15 is 0 Å². The van der Waals surface area contributed by atoms with Crippen LogP contribution in [0.25, 0.3) is 0 Å². The summed E-state index contributed by atoms with van der Waals surface area (Å²) in [5, 5.41) is 6.11. The maximum absolute atomic E-state index is 13.5. The van der Waals surface area contributed by atoms with Crippen molar-refractivity contribution < 1.29 is 73.4 Å². The van der Waals surface area contributed by atoms with E-state index < -0.39 is 54.9 Å². The fourth-order valence-electron chi connectivity index (χ4n) is 1.63. The Balaban J connectivity index is 4.23. The number of halogens is 8. The third kappa shape index (κ3) is 11.8. The normalized spacial score (nSPS) is 13.7. The summed E-state index contributed by atoms with van der Waals surface area (Å²) in [6.07, 6.45) is -14.6. The number of rotatable bonds is 20. The summed E-state index contributed by atoms with van der Waals surface area (Å²) in [5.41, 5.74) is 0. The van der Waals surface area contributed by atoms with Gasteiger partial charge in [-0.1, -0.05) is 0 Å². The maximum Gasteiger partial charge on any atom is 0.436 e. The second-order valence-corrected chi connectivity index (χ2v) is 6.33. The monoisotopic (exact) mass is 501 g/mol. The molecule has 0 amide bonds. The number of methoxy groups -OCH3 is 1. The lowest BCUT2D eigenvalue weighted by atomic mass is 10.2. The average Bonchev–Trinajstić information content (AvgIpc) is 2.66. The molecule has 0 fully saturated rings. The van der Waals surface area contributed by atoms with Gasteiger partial charge in [-0.15, -0.1) is 0 Å². The van der Waals surface area contributed by atoms with Gasteiger partial charge in [-0.05, 0) is 6.42 Å². The molecule has 0 bridgehead atoms. The van der Waals surface area contributed by atoms with E-state index in [1.54, 1.807) is 0 Å². The van der Waals surface area contributed by atoms with Crippen LogP contribution in [0.15, 0.2) is 0 Å². The van der Waals surface area contributed by atoms with E-state index in [1.165, 1.54) is 7.11 Å². The second kappa shape index (κ2) is 14.6. The molecule has 0 aliphatic rings. The number of hydrogen-bond donors (Lipinski definition) is 0. The first kappa shape index (κ1) is 30.5. The molecular formula is C14H21F8O8S-. The third-order valence-corrected chi connectivity index (χ3v) is 3.71. The van der Waals surface area contributed by atoms with E-state index in [2.05, 4.69) is 14.1 Å². The van der Waals surface area contributed by atoms with Crippen molar-refractivity contribution in [2.45, 2.75) is 36.2 Å². The average molecular weight is 501 g/mol. The van der Waals surface area contributed by atoms with E-state index in [-0.39, 0.29) is 26.4 Å². The molecule has 0 N–H and O–H groups in total. The molecule has 0 aliphatic carbocycles. The minimum absolute atomic E-state index is 0.0391. The van der Waals surface area contributed by atoms with Crippen molar-refractivity contribution in [3.8, 4) is 0 Å². The lowest BCUT2D eigenvalue weighted by Gasteiger charge is -2.32. The van der Waals surface area contributed by atoms with Crippen LogP contribution in [0.3, 0.4) is 0 Å². The van der Waals surface area contributed by atoms with Gasteiger partial charge in [-0.3, -0.25) is 5.04 Å². The molecule has 0 rings (SSSR count). The highest BCUT2D eigenvalue weighted by Crippen LogP contribution is 2.50. The molecule has 0 saturated carbocycles. The zero-order chi connectivity index (χ0) is 24.0. The van der Waals surface area contributed by atoms with Crippen molar-refractivity contribution >= 4 is 12.0 Å². The Hall–Kier alpha value is -0.530. The van der Waals surface area contributed by atoms with Gasteiger partial charge < -0.3 is 24.2 Å². The summed E-state index contributed by atoms with van der Waals surface area (Å²) in [5.74, 6) is -5.24. The lowest BCUT2D eigenvalue weighted by molar-refractivity contribution is -0.777. The smallest absolute Gasteiger partial charge is 0.436 e. The Morgan fingerprint density at radius 2 is 1.19 bits per heavy atom. The predicted molar refractivity (Wildman–Crippen MR) is 84.2 cm³/mol. The fraction of sp³-hybridized carbons (Fsp3) is 1.00. The fourth-order valence-corrected chi connectivity index (χ4v) is 1.88. The summed E-state index contributed by atoms with van der Waals surface area (Å²) >= 11 is -1.69. The SMILES string of the molecule is COCCOCCOCCOCCCC(F)(F)C(F)(F)OC(F)(F)C(F)(F)SOO[O-]. The van der Waals surface area contributed by atoms with Gasteiger partial charge in [-0.2, -0.15) is 39.5 Å². The lowest BCUT2D eigenvalue weighted by Crippen LogP contribution is -2.52. The van der Waals surface area contributed by atoms with E-state index in [0.717, 1.165) is 0 Å². The van der Waals surface area contributed by atoms with Gasteiger partial charge in [0.05, 0.1) is 39.6 Å². The Morgan fingerprint density at radius 3 is 1.68 bits per heavy atom. The van der Waals surface area contributed by atoms with Crippen LogP contribution in [-0.4, -0.2) is 76.8 Å². The third-order valence-electron chi connectivity index (χ3n) is 3.14. The Bertz CT molecular complexity index is 476. The zero-order valence-corrected chi connectivity index (χ0v) is 16.9. The summed E-state index contributed by atoms with van der Waals surface area (Å²) in [4.78, 5) is 0. The van der Waals surface area contributed by atoms with Crippen LogP contribution in [-0.2, 0) is 33.1 Å². The first-order valence-corrected chi connectivity index (χ1v) is 9.15. The standard InChI is InChI=1S/C14H22F8O8S/c1-24-5-6-26-9-10-27-8-7-25-4-2-3-11(15,16)12(17,18)28-13(19,20)14(21,22)31-30-29-23/h23H,2-10H2,1H3/p-1. The van der Waals surface area contributed by atoms with Crippen LogP contribution in [0, 0.1) is 0 Å². The second-order valence-electron chi connectivity index (χ2n) is 5.51. The topological polar surface area (TPSA) is 87.7 Å². The molecule has 17 heteroatoms. The predicted octanol–water partition coefficient (Wildman–Crippen LogP) is 2.76. The maximum atomic E-state index is 13.5. The van der Waals surface area contributed by atoms with Crippen molar-refractivity contribution in [1.29, 1.82) is 0 Å². The molecule has 0 spiro atoms. The molecule has 0 radical (unpaired) electrons. The molecule has 0 heterocycles. The van der Waals surface area contributed by atoms with Gasteiger partial charge in [0.15, 0.2) is 0 Å². The first-order valence-electron chi connectivity index (χ1n) is 8.41. The molecule has 0 unspecified atom stereocenters. The van der Waals surface area contributed by atoms with Crippen molar-refractivity contribution in [3.63, 3.8) is 0 Å². The van der Waals surface area contributed by atoms with Crippen LogP contribution in [0.5, 0.6) is 0 Å². The van der Waals surface area contributed by atoms with Gasteiger partial charge in [0.1, 0.15) is 12.0 Å². The van der Waals surface area contributed by atoms with E-state index in [1.807, 2.05) is 0 Å². The number of alkyl halides is 8. The summed E-state index contributed by atoms with van der Waals surface area (Å²) in [6, 6.07) is 0. The Morgan fingerprint density at radius 1 is 0.710 bits per heavy atom. The van der Waals surface area contributed by atoms with Gasteiger partial charge in [0.2, 0.25) is 0 Å². The molecular weight excluding hydrogens is 480 g/mol. The van der Waals surface area contributed by atoms with Gasteiger partial charge >= 0.3 is 23.4 Å². The van der Waals surface area contributed by atoms with Crippen LogP contribution in [0.4, 0.5) is 35.1 Å². The van der Waals surface area contributed by atoms with Crippen molar-refractivity contribution in [2.24, 2.45) is 0 Å². The van der Waals surface area contributed by atoms with Gasteiger partial charge in [0, 0.05) is 20.1 Å². The number of ether oxygens (including phenoxy) is 5. The van der Waals surface area contributed by atoms with Crippen LogP contribution in [0.2, 0.25) is 0 Å². The van der Waals surface area contributed by atoms with E-state index in [4.69, 9.17) is 18.9 Å². The largest absolute Gasteiger partial charge is 0.691 e. The summed E-state index contributed by atoms with van der Waals surface area (Å²) in [7, 11) is 1.50. The van der Waals surface area contributed by atoms with Gasteiger partial charge in [0.25, 0.3) is 0 Å². The van der Waals surface area contributed by atoms with Crippen LogP contribution in [0.1, 0.15) is 12.8 Å². The molecule has 0 aromatic heterocycles. The minimum Gasteiger partial charge on any atom is -0.691 e. The highest BCUT2D eigenvalue weighted by atomic mass is 32.2. The summed E-state index contributed by atoms with van der Waals surface area (Å²) < 4.78 is 131. The quantitative estimate of drug-likeness (QED) is 0.0822. The van der Waals surface area contributed by atoms with E-state index in [9.17, 15) is 40.4 Å².